The van der Waals surface area contributed by atoms with E-state index in [-0.39, 0.29) is 11.3 Å². The number of para-hydroxylation sites is 1. The smallest absolute Gasteiger partial charge is 0.417 e. The molecule has 0 amide bonds. The third-order valence-electron chi connectivity index (χ3n) is 3.14. The second kappa shape index (κ2) is 5.28. The molecular formula is C15H11N3O4. The summed E-state index contributed by atoms with van der Waals surface area (Å²) in [6.45, 7) is 1.87. The van der Waals surface area contributed by atoms with Crippen LogP contribution in [0.5, 0.6) is 0 Å². The van der Waals surface area contributed by atoms with Crippen LogP contribution in [-0.2, 0) is 0 Å². The molecule has 0 fully saturated rings. The van der Waals surface area contributed by atoms with E-state index in [4.69, 9.17) is 4.42 Å². The van der Waals surface area contributed by atoms with Gasteiger partial charge in [-0.05, 0) is 36.8 Å². The molecule has 0 atom stereocenters. The third kappa shape index (κ3) is 2.39. The molecule has 2 heterocycles. The van der Waals surface area contributed by atoms with Gasteiger partial charge in [0.1, 0.15) is 17.1 Å². The maximum Gasteiger partial charge on any atom is 0.417 e. The first-order valence-electron chi connectivity index (χ1n) is 6.46. The number of nitro groups is 1. The molecule has 0 saturated carbocycles. The molecule has 3 rings (SSSR count). The molecule has 0 aliphatic rings. The van der Waals surface area contributed by atoms with Crippen molar-refractivity contribution in [2.75, 3.05) is 5.32 Å². The molecule has 0 saturated heterocycles. The number of anilines is 2. The summed E-state index contributed by atoms with van der Waals surface area (Å²) in [5.74, 6) is 0.416. The lowest BCUT2D eigenvalue weighted by molar-refractivity contribution is -0.386. The minimum Gasteiger partial charge on any atom is -0.418 e. The Balaban J connectivity index is 2.27. The van der Waals surface area contributed by atoms with E-state index < -0.39 is 16.2 Å². The SMILES string of the molecule is Cc1ccnc(Nc2c([N+](=O)[O-])c(=O)oc3ccccc23)c1. The van der Waals surface area contributed by atoms with Crippen molar-refractivity contribution in [1.82, 2.24) is 4.98 Å². The topological polar surface area (TPSA) is 98.3 Å². The Hall–Kier alpha value is -3.22. The quantitative estimate of drug-likeness (QED) is 0.453. The zero-order valence-electron chi connectivity index (χ0n) is 11.6. The molecule has 1 aromatic carbocycles. The van der Waals surface area contributed by atoms with Gasteiger partial charge in [0.05, 0.1) is 4.92 Å². The number of aromatic nitrogens is 1. The average Bonchev–Trinajstić information content (AvgIpc) is 2.46. The summed E-state index contributed by atoms with van der Waals surface area (Å²) in [4.78, 5) is 26.5. The summed E-state index contributed by atoms with van der Waals surface area (Å²) in [5.41, 5.74) is -0.350. The molecule has 0 aliphatic heterocycles. The third-order valence-corrected chi connectivity index (χ3v) is 3.14. The summed E-state index contributed by atoms with van der Waals surface area (Å²) in [7, 11) is 0. The molecule has 2 aromatic heterocycles. The van der Waals surface area contributed by atoms with Crippen LogP contribution in [-0.4, -0.2) is 9.91 Å². The molecule has 110 valence electrons. The van der Waals surface area contributed by atoms with Gasteiger partial charge in [0.25, 0.3) is 0 Å². The average molecular weight is 297 g/mol. The number of nitrogens with one attached hydrogen (secondary N) is 1. The fraction of sp³-hybridized carbons (Fsp3) is 0.0667. The van der Waals surface area contributed by atoms with Crippen LogP contribution in [0.2, 0.25) is 0 Å². The molecule has 7 nitrogen and oxygen atoms in total. The van der Waals surface area contributed by atoms with E-state index in [1.165, 1.54) is 0 Å². The zero-order valence-corrected chi connectivity index (χ0v) is 11.6. The van der Waals surface area contributed by atoms with Gasteiger partial charge in [0.15, 0.2) is 0 Å². The van der Waals surface area contributed by atoms with E-state index in [0.717, 1.165) is 5.56 Å². The van der Waals surface area contributed by atoms with E-state index >= 15 is 0 Å². The van der Waals surface area contributed by atoms with E-state index in [9.17, 15) is 14.9 Å². The molecule has 0 radical (unpaired) electrons. The maximum absolute atomic E-state index is 11.9. The van der Waals surface area contributed by atoms with Gasteiger partial charge in [-0.1, -0.05) is 12.1 Å². The van der Waals surface area contributed by atoms with Gasteiger partial charge in [-0.2, -0.15) is 0 Å². The first-order chi connectivity index (χ1) is 10.6. The minimum absolute atomic E-state index is 0.0787. The van der Waals surface area contributed by atoms with Gasteiger partial charge in [0, 0.05) is 11.6 Å². The van der Waals surface area contributed by atoms with Crippen molar-refractivity contribution in [3.63, 3.8) is 0 Å². The first-order valence-corrected chi connectivity index (χ1v) is 6.46. The molecule has 0 spiro atoms. The molecule has 3 aromatic rings. The van der Waals surface area contributed by atoms with Crippen LogP contribution in [0.1, 0.15) is 5.56 Å². The summed E-state index contributed by atoms with van der Waals surface area (Å²) >= 11 is 0. The second-order valence-corrected chi connectivity index (χ2v) is 4.71. The lowest BCUT2D eigenvalue weighted by Crippen LogP contribution is -2.10. The number of nitrogens with zero attached hydrogens (tertiary/aromatic N) is 2. The summed E-state index contributed by atoms with van der Waals surface area (Å²) in [5, 5.41) is 14.5. The predicted molar refractivity (Wildman–Crippen MR) is 81.4 cm³/mol. The van der Waals surface area contributed by atoms with Gasteiger partial charge >= 0.3 is 11.3 Å². The van der Waals surface area contributed by atoms with Gasteiger partial charge in [-0.15, -0.1) is 0 Å². The standard InChI is InChI=1S/C15H11N3O4/c1-9-6-7-16-12(8-9)17-13-10-4-2-3-5-11(10)22-15(19)14(13)18(20)21/h2-8H,1H3,(H,16,17). The number of hydrogen-bond donors (Lipinski definition) is 1. The lowest BCUT2D eigenvalue weighted by atomic mass is 10.2. The van der Waals surface area contributed by atoms with Crippen LogP contribution < -0.4 is 10.9 Å². The van der Waals surface area contributed by atoms with Gasteiger partial charge in [-0.3, -0.25) is 10.1 Å². The molecule has 1 N–H and O–H groups in total. The van der Waals surface area contributed by atoms with Crippen LogP contribution >= 0.6 is 0 Å². The Morgan fingerprint density at radius 3 is 2.77 bits per heavy atom. The van der Waals surface area contributed by atoms with E-state index in [1.54, 1.807) is 42.6 Å². The van der Waals surface area contributed by atoms with Crippen molar-refractivity contribution < 1.29 is 9.34 Å². The van der Waals surface area contributed by atoms with Crippen LogP contribution in [0.15, 0.2) is 51.8 Å². The summed E-state index contributed by atoms with van der Waals surface area (Å²) < 4.78 is 5.00. The predicted octanol–water partition coefficient (Wildman–Crippen LogP) is 3.15. The Bertz CT molecular complexity index is 933. The number of rotatable bonds is 3. The summed E-state index contributed by atoms with van der Waals surface area (Å²) in [6, 6.07) is 10.1. The van der Waals surface area contributed by atoms with Crippen LogP contribution in [0, 0.1) is 17.0 Å². The van der Waals surface area contributed by atoms with Crippen molar-refractivity contribution in [2.24, 2.45) is 0 Å². The molecule has 0 bridgehead atoms. The fourth-order valence-corrected chi connectivity index (χ4v) is 2.16. The normalized spacial score (nSPS) is 10.6. The van der Waals surface area contributed by atoms with Crippen molar-refractivity contribution in [1.29, 1.82) is 0 Å². The van der Waals surface area contributed by atoms with Crippen LogP contribution in [0.25, 0.3) is 11.0 Å². The molecular weight excluding hydrogens is 286 g/mol. The number of pyridine rings is 1. The number of aryl methyl sites for hydroxylation is 1. The minimum atomic E-state index is -1.00. The number of hydrogen-bond acceptors (Lipinski definition) is 6. The highest BCUT2D eigenvalue weighted by molar-refractivity contribution is 5.95. The van der Waals surface area contributed by atoms with E-state index in [0.29, 0.717) is 11.2 Å². The fourth-order valence-electron chi connectivity index (χ4n) is 2.16. The largest absolute Gasteiger partial charge is 0.418 e. The first kappa shape index (κ1) is 13.7. The van der Waals surface area contributed by atoms with Gasteiger partial charge in [0.2, 0.25) is 0 Å². The van der Waals surface area contributed by atoms with Gasteiger partial charge < -0.3 is 9.73 Å². The van der Waals surface area contributed by atoms with Crippen molar-refractivity contribution in [2.45, 2.75) is 6.92 Å². The van der Waals surface area contributed by atoms with Crippen molar-refractivity contribution >= 4 is 28.2 Å². The Kier molecular flexibility index (Phi) is 3.30. The highest BCUT2D eigenvalue weighted by Crippen LogP contribution is 2.32. The van der Waals surface area contributed by atoms with E-state index in [2.05, 4.69) is 10.3 Å². The summed E-state index contributed by atoms with van der Waals surface area (Å²) in [6.07, 6.45) is 1.58. The molecule has 7 heteroatoms. The highest BCUT2D eigenvalue weighted by atomic mass is 16.6. The number of benzene rings is 1. The zero-order chi connectivity index (χ0) is 15.7. The van der Waals surface area contributed by atoms with Crippen LogP contribution in [0.3, 0.4) is 0 Å². The van der Waals surface area contributed by atoms with Crippen molar-refractivity contribution in [3.05, 3.63) is 68.7 Å². The molecule has 0 aliphatic carbocycles. The Morgan fingerprint density at radius 1 is 1.27 bits per heavy atom. The molecule has 22 heavy (non-hydrogen) atoms. The monoisotopic (exact) mass is 297 g/mol. The van der Waals surface area contributed by atoms with Crippen molar-refractivity contribution in [3.8, 4) is 0 Å². The van der Waals surface area contributed by atoms with Crippen LogP contribution in [0.4, 0.5) is 17.2 Å². The molecule has 0 unspecified atom stereocenters. The second-order valence-electron chi connectivity index (χ2n) is 4.71. The van der Waals surface area contributed by atoms with Gasteiger partial charge in [-0.25, -0.2) is 9.78 Å². The lowest BCUT2D eigenvalue weighted by Gasteiger charge is -2.09. The highest BCUT2D eigenvalue weighted by Gasteiger charge is 2.25. The van der Waals surface area contributed by atoms with E-state index in [1.807, 2.05) is 6.92 Å². The number of fused-ring (bicyclic) bond motifs is 1. The Morgan fingerprint density at radius 2 is 2.05 bits per heavy atom. The Labute approximate surface area is 124 Å². The maximum atomic E-state index is 11.9.